The van der Waals surface area contributed by atoms with Gasteiger partial charge < -0.3 is 15.2 Å². The molecule has 3 heterocycles. The zero-order valence-corrected chi connectivity index (χ0v) is 12.7. The number of aliphatic hydroxyl groups excluding tert-OH is 1. The van der Waals surface area contributed by atoms with Gasteiger partial charge in [0.1, 0.15) is 10.6 Å². The van der Waals surface area contributed by atoms with Crippen molar-refractivity contribution >= 4 is 39.0 Å². The van der Waals surface area contributed by atoms with E-state index in [2.05, 4.69) is 15.3 Å². The van der Waals surface area contributed by atoms with Gasteiger partial charge in [0.15, 0.2) is 0 Å². The van der Waals surface area contributed by atoms with Crippen molar-refractivity contribution in [2.24, 2.45) is 0 Å². The maximum Gasteiger partial charge on any atom is 0.225 e. The number of rotatable bonds is 3. The number of hydrogen-bond donors (Lipinski definition) is 2. The highest BCUT2D eigenvalue weighted by Crippen LogP contribution is 2.33. The van der Waals surface area contributed by atoms with Crippen molar-refractivity contribution in [1.29, 1.82) is 0 Å². The second-order valence-corrected chi connectivity index (χ2v) is 6.67. The first-order valence-electron chi connectivity index (χ1n) is 6.52. The molecule has 0 aromatic carbocycles. The Balaban J connectivity index is 2.00. The van der Waals surface area contributed by atoms with Crippen LogP contribution >= 0.6 is 22.9 Å². The maximum atomic E-state index is 9.76. The van der Waals surface area contributed by atoms with Crippen LogP contribution in [0.15, 0.2) is 6.07 Å². The molecule has 0 atom stereocenters. The second kappa shape index (κ2) is 5.44. The first-order valence-corrected chi connectivity index (χ1v) is 7.72. The zero-order valence-electron chi connectivity index (χ0n) is 11.1. The third-order valence-corrected chi connectivity index (χ3v) is 4.74. The molecule has 20 heavy (non-hydrogen) atoms. The SMILES string of the molecule is Cc1cc2c(NC3(CO)CCOCC3)nc(Cl)nc2s1. The largest absolute Gasteiger partial charge is 0.394 e. The Kier molecular flexibility index (Phi) is 3.81. The highest BCUT2D eigenvalue weighted by Gasteiger charge is 2.33. The van der Waals surface area contributed by atoms with Crippen molar-refractivity contribution in [3.05, 3.63) is 16.2 Å². The summed E-state index contributed by atoms with van der Waals surface area (Å²) in [6.45, 7) is 3.35. The average Bonchev–Trinajstić information content (AvgIpc) is 2.80. The Morgan fingerprint density at radius 3 is 2.90 bits per heavy atom. The summed E-state index contributed by atoms with van der Waals surface area (Å²) in [4.78, 5) is 10.6. The summed E-state index contributed by atoms with van der Waals surface area (Å²) >= 11 is 7.58. The molecule has 5 nitrogen and oxygen atoms in total. The van der Waals surface area contributed by atoms with E-state index in [1.807, 2.05) is 13.0 Å². The van der Waals surface area contributed by atoms with Gasteiger partial charge in [-0.1, -0.05) is 0 Å². The van der Waals surface area contributed by atoms with Gasteiger partial charge in [-0.05, 0) is 37.4 Å². The molecular weight excluding hydrogens is 298 g/mol. The van der Waals surface area contributed by atoms with Crippen molar-refractivity contribution in [3.8, 4) is 0 Å². The van der Waals surface area contributed by atoms with Crippen LogP contribution in [0.1, 0.15) is 17.7 Å². The highest BCUT2D eigenvalue weighted by atomic mass is 35.5. The Morgan fingerprint density at radius 2 is 2.20 bits per heavy atom. The van der Waals surface area contributed by atoms with Crippen LogP contribution in [0.5, 0.6) is 0 Å². The van der Waals surface area contributed by atoms with Crippen molar-refractivity contribution < 1.29 is 9.84 Å². The van der Waals surface area contributed by atoms with E-state index in [9.17, 15) is 5.11 Å². The van der Waals surface area contributed by atoms with Crippen LogP contribution in [0, 0.1) is 6.92 Å². The lowest BCUT2D eigenvalue weighted by Gasteiger charge is -2.36. The number of anilines is 1. The minimum absolute atomic E-state index is 0.0442. The topological polar surface area (TPSA) is 67.3 Å². The molecule has 0 bridgehead atoms. The van der Waals surface area contributed by atoms with Gasteiger partial charge in [0.25, 0.3) is 0 Å². The number of aromatic nitrogens is 2. The van der Waals surface area contributed by atoms with E-state index in [0.29, 0.717) is 19.0 Å². The van der Waals surface area contributed by atoms with Crippen LogP contribution in [-0.4, -0.2) is 40.4 Å². The van der Waals surface area contributed by atoms with E-state index >= 15 is 0 Å². The number of hydrogen-bond acceptors (Lipinski definition) is 6. The lowest BCUT2D eigenvalue weighted by Crippen LogP contribution is -2.47. The van der Waals surface area contributed by atoms with E-state index in [-0.39, 0.29) is 11.9 Å². The molecule has 0 radical (unpaired) electrons. The molecule has 3 rings (SSSR count). The summed E-state index contributed by atoms with van der Waals surface area (Å²) in [6, 6.07) is 2.04. The van der Waals surface area contributed by atoms with Crippen molar-refractivity contribution in [2.75, 3.05) is 25.1 Å². The highest BCUT2D eigenvalue weighted by molar-refractivity contribution is 7.18. The molecular formula is C13H16ClN3O2S. The molecule has 2 N–H and O–H groups in total. The fraction of sp³-hybridized carbons (Fsp3) is 0.538. The van der Waals surface area contributed by atoms with Gasteiger partial charge in [0.2, 0.25) is 5.28 Å². The van der Waals surface area contributed by atoms with Gasteiger partial charge in [0, 0.05) is 18.1 Å². The lowest BCUT2D eigenvalue weighted by molar-refractivity contribution is 0.0379. The molecule has 2 aromatic rings. The maximum absolute atomic E-state index is 9.76. The number of thiophene rings is 1. The summed E-state index contributed by atoms with van der Waals surface area (Å²) in [6.07, 6.45) is 1.49. The van der Waals surface area contributed by atoms with Crippen molar-refractivity contribution in [2.45, 2.75) is 25.3 Å². The van der Waals surface area contributed by atoms with E-state index in [1.165, 1.54) is 0 Å². The molecule has 0 amide bonds. The van der Waals surface area contributed by atoms with Gasteiger partial charge in [-0.25, -0.2) is 9.97 Å². The van der Waals surface area contributed by atoms with Gasteiger partial charge >= 0.3 is 0 Å². The quantitative estimate of drug-likeness (QED) is 0.853. The van der Waals surface area contributed by atoms with E-state index in [0.717, 1.165) is 27.9 Å². The number of fused-ring (bicyclic) bond motifs is 1. The molecule has 1 aliphatic heterocycles. The van der Waals surface area contributed by atoms with Crippen molar-refractivity contribution in [3.63, 3.8) is 0 Å². The fourth-order valence-corrected chi connectivity index (χ4v) is 3.55. The Hall–Kier alpha value is -0.950. The lowest BCUT2D eigenvalue weighted by atomic mass is 9.91. The molecule has 1 saturated heterocycles. The van der Waals surface area contributed by atoms with Crippen molar-refractivity contribution in [1.82, 2.24) is 9.97 Å². The smallest absolute Gasteiger partial charge is 0.225 e. The second-order valence-electron chi connectivity index (χ2n) is 5.09. The van der Waals surface area contributed by atoms with E-state index in [1.54, 1.807) is 11.3 Å². The summed E-state index contributed by atoms with van der Waals surface area (Å²) in [5.74, 6) is 0.695. The monoisotopic (exact) mass is 313 g/mol. The molecule has 1 fully saturated rings. The molecule has 0 saturated carbocycles. The van der Waals surface area contributed by atoms with E-state index < -0.39 is 5.54 Å². The fourth-order valence-electron chi connectivity index (χ4n) is 2.45. The van der Waals surface area contributed by atoms with Gasteiger partial charge in [-0.2, -0.15) is 0 Å². The third-order valence-electron chi connectivity index (χ3n) is 3.62. The standard InChI is InChI=1S/C13H16ClN3O2S/c1-8-6-9-10(15-12(14)16-11(9)20-8)17-13(7-18)2-4-19-5-3-13/h6,18H,2-5,7H2,1H3,(H,15,16,17). The zero-order chi connectivity index (χ0) is 14.2. The Labute approximate surface area is 126 Å². The molecule has 1 aliphatic rings. The summed E-state index contributed by atoms with van der Waals surface area (Å²) in [7, 11) is 0. The molecule has 2 aromatic heterocycles. The normalized spacial score (nSPS) is 18.4. The number of aliphatic hydroxyl groups is 1. The number of aryl methyl sites for hydroxylation is 1. The molecule has 0 spiro atoms. The predicted molar refractivity (Wildman–Crippen MR) is 80.7 cm³/mol. The first kappa shape index (κ1) is 14.0. The summed E-state index contributed by atoms with van der Waals surface area (Å²) in [5, 5.41) is 14.3. The Morgan fingerprint density at radius 1 is 1.45 bits per heavy atom. The van der Waals surface area contributed by atoms with Gasteiger partial charge in [0.05, 0.1) is 17.5 Å². The summed E-state index contributed by atoms with van der Waals surface area (Å²) in [5.41, 5.74) is -0.390. The van der Waals surface area contributed by atoms with E-state index in [4.69, 9.17) is 16.3 Å². The first-order chi connectivity index (χ1) is 9.62. The van der Waals surface area contributed by atoms with Crippen LogP contribution in [-0.2, 0) is 4.74 Å². The molecule has 7 heteroatoms. The number of halogens is 1. The van der Waals surface area contributed by atoms with Crippen LogP contribution in [0.4, 0.5) is 5.82 Å². The minimum Gasteiger partial charge on any atom is -0.394 e. The van der Waals surface area contributed by atoms with Crippen LogP contribution in [0.25, 0.3) is 10.2 Å². The average molecular weight is 314 g/mol. The minimum atomic E-state index is -0.390. The van der Waals surface area contributed by atoms with Gasteiger partial charge in [-0.15, -0.1) is 11.3 Å². The molecule has 0 aliphatic carbocycles. The predicted octanol–water partition coefficient (Wildman–Crippen LogP) is 2.61. The van der Waals surface area contributed by atoms with Crippen LogP contribution < -0.4 is 5.32 Å². The molecule has 0 unspecified atom stereocenters. The summed E-state index contributed by atoms with van der Waals surface area (Å²) < 4.78 is 5.37. The van der Waals surface area contributed by atoms with Gasteiger partial charge in [-0.3, -0.25) is 0 Å². The van der Waals surface area contributed by atoms with Crippen LogP contribution in [0.3, 0.4) is 0 Å². The number of nitrogens with zero attached hydrogens (tertiary/aromatic N) is 2. The Bertz CT molecular complexity index is 625. The molecule has 108 valence electrons. The number of ether oxygens (including phenoxy) is 1. The van der Waals surface area contributed by atoms with Crippen LogP contribution in [0.2, 0.25) is 5.28 Å². The third kappa shape index (κ3) is 2.61. The number of nitrogens with one attached hydrogen (secondary N) is 1.